The van der Waals surface area contributed by atoms with E-state index in [4.69, 9.17) is 5.73 Å². The molecule has 158 valence electrons. The van der Waals surface area contributed by atoms with Gasteiger partial charge in [-0.1, -0.05) is 30.3 Å². The number of nitrogens with two attached hydrogens (primary N) is 1. The molecule has 3 aromatic rings. The van der Waals surface area contributed by atoms with Gasteiger partial charge >= 0.3 is 6.03 Å². The predicted octanol–water partition coefficient (Wildman–Crippen LogP) is 2.39. The Bertz CT molecular complexity index is 1090. The number of nitrogen functional groups attached to an aromatic ring is 1. The van der Waals surface area contributed by atoms with Crippen molar-refractivity contribution in [1.82, 2.24) is 25.2 Å². The lowest BCUT2D eigenvalue weighted by atomic mass is 10.1. The first-order valence-corrected chi connectivity index (χ1v) is 9.67. The van der Waals surface area contributed by atoms with Gasteiger partial charge in [-0.25, -0.2) is 9.18 Å². The van der Waals surface area contributed by atoms with Crippen LogP contribution in [0, 0.1) is 5.82 Å². The van der Waals surface area contributed by atoms with Crippen LogP contribution in [0.25, 0.3) is 0 Å². The van der Waals surface area contributed by atoms with Gasteiger partial charge in [0.25, 0.3) is 5.91 Å². The van der Waals surface area contributed by atoms with Crippen molar-refractivity contribution in [3.63, 3.8) is 0 Å². The molecule has 2 heterocycles. The van der Waals surface area contributed by atoms with Gasteiger partial charge in [-0.3, -0.25) is 9.69 Å². The normalized spacial score (nSPS) is 15.8. The minimum Gasteiger partial charge on any atom is -0.368 e. The standard InChI is InChI=1S/C21H20FN7O2/c22-14-7-9-15(10-8-14)24-20-27-17(26-19(23)28-20)12-29-18(30)16(25-21(29)31)11-6-13-4-2-1-3-5-13/h1-5,7-10,16H,6,11-12H2,(H,25,31)(H3,23,24,26,27,28)/t16-/m0/s1. The number of carbonyl (C=O) groups excluding carboxylic acids is 2. The van der Waals surface area contributed by atoms with E-state index in [-0.39, 0.29) is 36.0 Å². The molecular formula is C21H20FN7O2. The first kappa shape index (κ1) is 20.2. The molecule has 0 spiro atoms. The SMILES string of the molecule is Nc1nc(CN2C(=O)N[C@@H](CCc3ccccc3)C2=O)nc(Nc2ccc(F)cc2)n1. The average molecular weight is 421 g/mol. The van der Waals surface area contributed by atoms with E-state index in [1.54, 1.807) is 0 Å². The van der Waals surface area contributed by atoms with Crippen LogP contribution in [-0.4, -0.2) is 37.8 Å². The fourth-order valence-electron chi connectivity index (χ4n) is 3.25. The first-order valence-electron chi connectivity index (χ1n) is 9.67. The minimum absolute atomic E-state index is 0.0673. The van der Waals surface area contributed by atoms with Gasteiger partial charge in [-0.15, -0.1) is 0 Å². The maximum Gasteiger partial charge on any atom is 0.325 e. The lowest BCUT2D eigenvalue weighted by Crippen LogP contribution is -2.32. The summed E-state index contributed by atoms with van der Waals surface area (Å²) in [7, 11) is 0. The van der Waals surface area contributed by atoms with Crippen LogP contribution in [0.15, 0.2) is 54.6 Å². The molecule has 0 unspecified atom stereocenters. The molecule has 1 aliphatic rings. The number of benzene rings is 2. The van der Waals surface area contributed by atoms with E-state index in [1.807, 2.05) is 30.3 Å². The number of hydrogen-bond acceptors (Lipinski definition) is 7. The van der Waals surface area contributed by atoms with E-state index < -0.39 is 12.1 Å². The summed E-state index contributed by atoms with van der Waals surface area (Å²) >= 11 is 0. The van der Waals surface area contributed by atoms with Crippen molar-refractivity contribution in [3.05, 3.63) is 71.8 Å². The molecule has 1 fully saturated rings. The summed E-state index contributed by atoms with van der Waals surface area (Å²) in [4.78, 5) is 38.4. The quantitative estimate of drug-likeness (QED) is 0.500. The van der Waals surface area contributed by atoms with Gasteiger partial charge in [0.2, 0.25) is 11.9 Å². The average Bonchev–Trinajstić information content (AvgIpc) is 3.02. The number of amides is 3. The van der Waals surface area contributed by atoms with Gasteiger partial charge in [-0.2, -0.15) is 15.0 Å². The number of aryl methyl sites for hydroxylation is 1. The number of hydrogen-bond donors (Lipinski definition) is 3. The van der Waals surface area contributed by atoms with E-state index in [0.717, 1.165) is 10.5 Å². The number of aromatic nitrogens is 3. The third kappa shape index (κ3) is 4.92. The van der Waals surface area contributed by atoms with Crippen molar-refractivity contribution in [2.45, 2.75) is 25.4 Å². The van der Waals surface area contributed by atoms with Crippen LogP contribution in [-0.2, 0) is 17.8 Å². The van der Waals surface area contributed by atoms with Crippen molar-refractivity contribution in [1.29, 1.82) is 0 Å². The molecule has 0 radical (unpaired) electrons. The van der Waals surface area contributed by atoms with Crippen LogP contribution in [0.3, 0.4) is 0 Å². The Labute approximate surface area is 177 Å². The molecule has 2 aromatic carbocycles. The Morgan fingerprint density at radius 3 is 2.52 bits per heavy atom. The maximum atomic E-state index is 13.1. The van der Waals surface area contributed by atoms with Crippen LogP contribution >= 0.6 is 0 Å². The molecule has 4 rings (SSSR count). The van der Waals surface area contributed by atoms with Crippen molar-refractivity contribution >= 4 is 29.5 Å². The van der Waals surface area contributed by atoms with Crippen molar-refractivity contribution in [2.24, 2.45) is 0 Å². The van der Waals surface area contributed by atoms with Crippen molar-refractivity contribution < 1.29 is 14.0 Å². The van der Waals surface area contributed by atoms with Crippen molar-refractivity contribution in [3.8, 4) is 0 Å². The number of imide groups is 1. The first-order chi connectivity index (χ1) is 15.0. The molecule has 1 saturated heterocycles. The zero-order valence-corrected chi connectivity index (χ0v) is 16.5. The van der Waals surface area contributed by atoms with E-state index in [1.165, 1.54) is 24.3 Å². The molecule has 10 heteroatoms. The number of halogens is 1. The number of rotatable bonds is 7. The van der Waals surface area contributed by atoms with E-state index >= 15 is 0 Å². The van der Waals surface area contributed by atoms with E-state index in [2.05, 4.69) is 25.6 Å². The number of urea groups is 1. The Morgan fingerprint density at radius 2 is 1.77 bits per heavy atom. The lowest BCUT2D eigenvalue weighted by Gasteiger charge is -2.13. The molecule has 1 aromatic heterocycles. The highest BCUT2D eigenvalue weighted by molar-refractivity contribution is 6.04. The highest BCUT2D eigenvalue weighted by Gasteiger charge is 2.38. The molecular weight excluding hydrogens is 401 g/mol. The molecule has 31 heavy (non-hydrogen) atoms. The highest BCUT2D eigenvalue weighted by atomic mass is 19.1. The summed E-state index contributed by atoms with van der Waals surface area (Å²) < 4.78 is 13.1. The molecule has 0 bridgehead atoms. The third-order valence-corrected chi connectivity index (χ3v) is 4.77. The Kier molecular flexibility index (Phi) is 5.69. The Hall–Kier alpha value is -4.08. The minimum atomic E-state index is -0.608. The van der Waals surface area contributed by atoms with Gasteiger partial charge in [0, 0.05) is 5.69 Å². The molecule has 1 atom stereocenters. The summed E-state index contributed by atoms with van der Waals surface area (Å²) in [6, 6.07) is 14.2. The zero-order valence-electron chi connectivity index (χ0n) is 16.5. The zero-order chi connectivity index (χ0) is 21.8. The van der Waals surface area contributed by atoms with Gasteiger partial charge in [0.05, 0.1) is 6.54 Å². The van der Waals surface area contributed by atoms with E-state index in [9.17, 15) is 14.0 Å². The second kappa shape index (κ2) is 8.74. The molecule has 3 amide bonds. The number of anilines is 3. The van der Waals surface area contributed by atoms with Crippen LogP contribution in [0.1, 0.15) is 17.8 Å². The number of nitrogens with one attached hydrogen (secondary N) is 2. The summed E-state index contributed by atoms with van der Waals surface area (Å²) in [5.41, 5.74) is 7.39. The molecule has 4 N–H and O–H groups in total. The second-order valence-electron chi connectivity index (χ2n) is 7.02. The Balaban J connectivity index is 1.43. The molecule has 9 nitrogen and oxygen atoms in total. The second-order valence-corrected chi connectivity index (χ2v) is 7.02. The van der Waals surface area contributed by atoms with E-state index in [0.29, 0.717) is 18.5 Å². The molecule has 1 aliphatic heterocycles. The lowest BCUT2D eigenvalue weighted by molar-refractivity contribution is -0.128. The Morgan fingerprint density at radius 1 is 1.03 bits per heavy atom. The largest absolute Gasteiger partial charge is 0.368 e. The fourth-order valence-corrected chi connectivity index (χ4v) is 3.25. The fraction of sp³-hybridized carbons (Fsp3) is 0.190. The predicted molar refractivity (Wildman–Crippen MR) is 112 cm³/mol. The smallest absolute Gasteiger partial charge is 0.325 e. The van der Waals surface area contributed by atoms with Gasteiger partial charge in [0.1, 0.15) is 11.9 Å². The summed E-state index contributed by atoms with van der Waals surface area (Å²) in [5.74, 6) is -0.497. The summed E-state index contributed by atoms with van der Waals surface area (Å²) in [6.45, 7) is -0.142. The van der Waals surface area contributed by atoms with Crippen LogP contribution in [0.2, 0.25) is 0 Å². The molecule has 0 aliphatic carbocycles. The molecule has 0 saturated carbocycles. The summed E-state index contributed by atoms with van der Waals surface area (Å²) in [6.07, 6.45) is 1.15. The number of nitrogens with zero attached hydrogens (tertiary/aromatic N) is 4. The summed E-state index contributed by atoms with van der Waals surface area (Å²) in [5, 5.41) is 5.60. The van der Waals surface area contributed by atoms with Crippen LogP contribution in [0.4, 0.5) is 26.8 Å². The maximum absolute atomic E-state index is 13.1. The third-order valence-electron chi connectivity index (χ3n) is 4.77. The van der Waals surface area contributed by atoms with Crippen LogP contribution < -0.4 is 16.4 Å². The highest BCUT2D eigenvalue weighted by Crippen LogP contribution is 2.17. The number of carbonyl (C=O) groups is 2. The van der Waals surface area contributed by atoms with Crippen molar-refractivity contribution in [2.75, 3.05) is 11.1 Å². The van der Waals surface area contributed by atoms with Gasteiger partial charge in [0.15, 0.2) is 5.82 Å². The van der Waals surface area contributed by atoms with Crippen LogP contribution in [0.5, 0.6) is 0 Å². The topological polar surface area (TPSA) is 126 Å². The van der Waals surface area contributed by atoms with Gasteiger partial charge in [-0.05, 0) is 42.7 Å². The monoisotopic (exact) mass is 421 g/mol. The van der Waals surface area contributed by atoms with Gasteiger partial charge < -0.3 is 16.4 Å².